The SMILES string of the molecule is CC(Sc1nnc(-c2ccco2)n1Cc1ccccc1)C(=O)Nc1sc2c(c1C(N)=O)CCC2. The average molecular weight is 494 g/mol. The lowest BCUT2D eigenvalue weighted by atomic mass is 10.1. The Morgan fingerprint density at radius 3 is 2.76 bits per heavy atom. The zero-order valence-electron chi connectivity index (χ0n) is 18.5. The van der Waals surface area contributed by atoms with E-state index in [2.05, 4.69) is 15.5 Å². The van der Waals surface area contributed by atoms with Crippen LogP contribution in [0.25, 0.3) is 11.6 Å². The highest BCUT2D eigenvalue weighted by molar-refractivity contribution is 8.00. The number of carbonyl (C=O) groups is 2. The minimum Gasteiger partial charge on any atom is -0.461 e. The molecule has 1 unspecified atom stereocenters. The van der Waals surface area contributed by atoms with Crippen LogP contribution in [0.15, 0.2) is 58.3 Å². The summed E-state index contributed by atoms with van der Waals surface area (Å²) >= 11 is 2.75. The summed E-state index contributed by atoms with van der Waals surface area (Å²) in [6.07, 6.45) is 4.34. The molecule has 8 nitrogen and oxygen atoms in total. The number of thioether (sulfide) groups is 1. The Hall–Kier alpha value is -3.37. The van der Waals surface area contributed by atoms with Crippen LogP contribution in [0, 0.1) is 0 Å². The van der Waals surface area contributed by atoms with Crippen LogP contribution in [-0.2, 0) is 24.2 Å². The quantitative estimate of drug-likeness (QED) is 0.353. The fraction of sp³-hybridized carbons (Fsp3) is 0.250. The summed E-state index contributed by atoms with van der Waals surface area (Å²) in [5.74, 6) is 0.475. The van der Waals surface area contributed by atoms with Gasteiger partial charge < -0.3 is 15.5 Å². The largest absolute Gasteiger partial charge is 0.461 e. The van der Waals surface area contributed by atoms with Crippen molar-refractivity contribution in [2.24, 2.45) is 5.73 Å². The van der Waals surface area contributed by atoms with Crippen molar-refractivity contribution in [2.75, 3.05) is 5.32 Å². The number of anilines is 1. The number of hydrogen-bond acceptors (Lipinski definition) is 7. The first kappa shape index (κ1) is 22.4. The minimum atomic E-state index is -0.499. The van der Waals surface area contributed by atoms with Gasteiger partial charge in [0, 0.05) is 4.88 Å². The highest BCUT2D eigenvalue weighted by Crippen LogP contribution is 2.39. The molecule has 1 aromatic carbocycles. The molecule has 0 fully saturated rings. The average Bonchev–Trinajstić information content (AvgIpc) is 3.59. The highest BCUT2D eigenvalue weighted by atomic mass is 32.2. The van der Waals surface area contributed by atoms with Crippen molar-refractivity contribution in [1.29, 1.82) is 0 Å². The molecule has 0 bridgehead atoms. The van der Waals surface area contributed by atoms with E-state index in [-0.39, 0.29) is 5.91 Å². The maximum Gasteiger partial charge on any atom is 0.251 e. The Morgan fingerprint density at radius 1 is 1.21 bits per heavy atom. The molecule has 5 rings (SSSR count). The third-order valence-electron chi connectivity index (χ3n) is 5.70. The molecular weight excluding hydrogens is 470 g/mol. The molecule has 0 radical (unpaired) electrons. The Bertz CT molecular complexity index is 1330. The lowest BCUT2D eigenvalue weighted by Crippen LogP contribution is -2.24. The van der Waals surface area contributed by atoms with Crippen molar-refractivity contribution in [2.45, 2.75) is 43.1 Å². The molecule has 3 heterocycles. The van der Waals surface area contributed by atoms with Crippen LogP contribution in [0.4, 0.5) is 5.00 Å². The molecule has 0 saturated carbocycles. The number of nitrogens with zero attached hydrogens (tertiary/aromatic N) is 3. The molecule has 1 aliphatic rings. The summed E-state index contributed by atoms with van der Waals surface area (Å²) < 4.78 is 7.50. The first-order valence-corrected chi connectivity index (χ1v) is 12.6. The Labute approximate surface area is 204 Å². The lowest BCUT2D eigenvalue weighted by Gasteiger charge is -2.14. The Morgan fingerprint density at radius 2 is 2.03 bits per heavy atom. The molecule has 3 aromatic heterocycles. The molecule has 3 N–H and O–H groups in total. The van der Waals surface area contributed by atoms with Crippen LogP contribution in [0.3, 0.4) is 0 Å². The highest BCUT2D eigenvalue weighted by Gasteiger charge is 2.28. The fourth-order valence-corrected chi connectivity index (χ4v) is 6.20. The van der Waals surface area contributed by atoms with Crippen molar-refractivity contribution in [3.05, 3.63) is 70.3 Å². The van der Waals surface area contributed by atoms with Gasteiger partial charge in [-0.1, -0.05) is 42.1 Å². The van der Waals surface area contributed by atoms with E-state index in [0.29, 0.717) is 33.9 Å². The van der Waals surface area contributed by atoms with Crippen molar-refractivity contribution in [3.8, 4) is 11.6 Å². The van der Waals surface area contributed by atoms with E-state index in [9.17, 15) is 9.59 Å². The first-order chi connectivity index (χ1) is 16.5. The van der Waals surface area contributed by atoms with Crippen LogP contribution >= 0.6 is 23.1 Å². The van der Waals surface area contributed by atoms with E-state index in [1.54, 1.807) is 19.3 Å². The summed E-state index contributed by atoms with van der Waals surface area (Å²) in [7, 11) is 0. The van der Waals surface area contributed by atoms with Gasteiger partial charge in [0.1, 0.15) is 5.00 Å². The van der Waals surface area contributed by atoms with Crippen molar-refractivity contribution < 1.29 is 14.0 Å². The van der Waals surface area contributed by atoms with Gasteiger partial charge in [0.15, 0.2) is 10.9 Å². The number of amides is 2. The number of carbonyl (C=O) groups excluding carboxylic acids is 2. The van der Waals surface area contributed by atoms with Gasteiger partial charge in [-0.05, 0) is 49.4 Å². The van der Waals surface area contributed by atoms with E-state index < -0.39 is 11.2 Å². The number of nitrogens with two attached hydrogens (primary N) is 1. The second kappa shape index (κ2) is 9.47. The van der Waals surface area contributed by atoms with E-state index in [4.69, 9.17) is 10.2 Å². The maximum atomic E-state index is 13.1. The molecule has 4 aromatic rings. The summed E-state index contributed by atoms with van der Waals surface area (Å²) in [6, 6.07) is 13.6. The van der Waals surface area contributed by atoms with Crippen LogP contribution in [0.1, 0.15) is 39.7 Å². The van der Waals surface area contributed by atoms with Gasteiger partial charge in [0.25, 0.3) is 5.91 Å². The Balaban J connectivity index is 1.38. The lowest BCUT2D eigenvalue weighted by molar-refractivity contribution is -0.115. The second-order valence-electron chi connectivity index (χ2n) is 8.03. The summed E-state index contributed by atoms with van der Waals surface area (Å²) in [5, 5.41) is 12.3. The van der Waals surface area contributed by atoms with E-state index in [1.165, 1.54) is 23.1 Å². The molecule has 174 valence electrons. The first-order valence-electron chi connectivity index (χ1n) is 10.9. The van der Waals surface area contributed by atoms with Gasteiger partial charge >= 0.3 is 0 Å². The third-order valence-corrected chi connectivity index (χ3v) is 7.99. The van der Waals surface area contributed by atoms with Gasteiger partial charge in [0.05, 0.1) is 23.6 Å². The molecule has 34 heavy (non-hydrogen) atoms. The van der Waals surface area contributed by atoms with Crippen LogP contribution in [0.5, 0.6) is 0 Å². The normalized spacial score (nSPS) is 13.6. The zero-order valence-corrected chi connectivity index (χ0v) is 20.1. The number of primary amides is 1. The predicted octanol–water partition coefficient (Wildman–Crippen LogP) is 4.35. The number of nitrogens with one attached hydrogen (secondary N) is 1. The van der Waals surface area contributed by atoms with Gasteiger partial charge in [0.2, 0.25) is 11.7 Å². The number of hydrogen-bond donors (Lipinski definition) is 2. The number of rotatable bonds is 8. The third kappa shape index (κ3) is 4.38. The topological polar surface area (TPSA) is 116 Å². The molecule has 10 heteroatoms. The predicted molar refractivity (Wildman–Crippen MR) is 132 cm³/mol. The minimum absolute atomic E-state index is 0.221. The summed E-state index contributed by atoms with van der Waals surface area (Å²) in [4.78, 5) is 26.3. The molecular formula is C24H23N5O3S2. The zero-order chi connectivity index (χ0) is 23.7. The molecule has 0 saturated heterocycles. The molecule has 1 aliphatic carbocycles. The molecule has 1 atom stereocenters. The number of benzene rings is 1. The summed E-state index contributed by atoms with van der Waals surface area (Å²) in [6.45, 7) is 2.34. The van der Waals surface area contributed by atoms with E-state index >= 15 is 0 Å². The standard InChI is InChI=1S/C24H23N5O3S2/c1-14(22(31)26-23-19(20(25)30)16-9-5-11-18(16)34-23)33-24-28-27-21(17-10-6-12-32-17)29(24)13-15-7-3-2-4-8-15/h2-4,6-8,10,12,14H,5,9,11,13H2,1H3,(H2,25,30)(H,26,31). The van der Waals surface area contributed by atoms with E-state index in [0.717, 1.165) is 35.3 Å². The number of aromatic nitrogens is 3. The van der Waals surface area contributed by atoms with Gasteiger partial charge in [-0.25, -0.2) is 0 Å². The van der Waals surface area contributed by atoms with Crippen LogP contribution < -0.4 is 11.1 Å². The van der Waals surface area contributed by atoms with Crippen LogP contribution in [-0.4, -0.2) is 31.8 Å². The Kier molecular flexibility index (Phi) is 6.25. The van der Waals surface area contributed by atoms with Gasteiger partial charge in [-0.15, -0.1) is 21.5 Å². The number of aryl methyl sites for hydroxylation is 1. The summed E-state index contributed by atoms with van der Waals surface area (Å²) in [5.41, 5.74) is 8.15. The molecule has 2 amide bonds. The smallest absolute Gasteiger partial charge is 0.251 e. The molecule has 0 aliphatic heterocycles. The van der Waals surface area contributed by atoms with Crippen LogP contribution in [0.2, 0.25) is 0 Å². The van der Waals surface area contributed by atoms with Gasteiger partial charge in [-0.3, -0.25) is 14.2 Å². The fourth-order valence-electron chi connectivity index (χ4n) is 4.05. The second-order valence-corrected chi connectivity index (χ2v) is 10.4. The number of fused-ring (bicyclic) bond motifs is 1. The van der Waals surface area contributed by atoms with E-state index in [1.807, 2.05) is 41.0 Å². The van der Waals surface area contributed by atoms with Crippen molar-refractivity contribution >= 4 is 39.9 Å². The van der Waals surface area contributed by atoms with Gasteiger partial charge in [-0.2, -0.15) is 0 Å². The maximum absolute atomic E-state index is 13.1. The van der Waals surface area contributed by atoms with Crippen molar-refractivity contribution in [1.82, 2.24) is 14.8 Å². The number of thiophene rings is 1. The number of furan rings is 1. The monoisotopic (exact) mass is 493 g/mol. The molecule has 0 spiro atoms. The van der Waals surface area contributed by atoms with Crippen molar-refractivity contribution in [3.63, 3.8) is 0 Å².